The van der Waals surface area contributed by atoms with Gasteiger partial charge in [0.2, 0.25) is 5.91 Å². The first-order chi connectivity index (χ1) is 6.23. The van der Waals surface area contributed by atoms with Crippen LogP contribution >= 0.6 is 0 Å². The Kier molecular flexibility index (Phi) is 2.63. The van der Waals surface area contributed by atoms with Crippen molar-refractivity contribution < 1.29 is 9.63 Å². The largest absolute Gasteiger partial charge is 0.369 e. The van der Waals surface area contributed by atoms with Gasteiger partial charge in [-0.05, 0) is 34.1 Å². The molecule has 1 fully saturated rings. The van der Waals surface area contributed by atoms with Crippen LogP contribution in [0.3, 0.4) is 0 Å². The highest BCUT2D eigenvalue weighted by Crippen LogP contribution is 2.44. The van der Waals surface area contributed by atoms with Gasteiger partial charge in [0.1, 0.15) is 0 Å². The normalized spacial score (nSPS) is 30.5. The van der Waals surface area contributed by atoms with E-state index < -0.39 is 0 Å². The average molecular weight is 200 g/mol. The molecule has 14 heavy (non-hydrogen) atoms. The summed E-state index contributed by atoms with van der Waals surface area (Å²) in [5, 5.41) is 1.87. The van der Waals surface area contributed by atoms with Crippen LogP contribution in [-0.2, 0) is 9.63 Å². The van der Waals surface area contributed by atoms with Crippen molar-refractivity contribution in [3.8, 4) is 0 Å². The quantitative estimate of drug-likeness (QED) is 0.721. The van der Waals surface area contributed by atoms with E-state index in [4.69, 9.17) is 10.6 Å². The summed E-state index contributed by atoms with van der Waals surface area (Å²) in [7, 11) is 1.63. The fourth-order valence-electron chi connectivity index (χ4n) is 2.68. The van der Waals surface area contributed by atoms with E-state index in [1.807, 2.05) is 18.9 Å². The molecule has 82 valence electrons. The molecule has 1 amide bonds. The van der Waals surface area contributed by atoms with E-state index >= 15 is 0 Å². The molecule has 0 radical (unpaired) electrons. The molecule has 0 aromatic rings. The summed E-state index contributed by atoms with van der Waals surface area (Å²) >= 11 is 0. The van der Waals surface area contributed by atoms with E-state index in [9.17, 15) is 4.79 Å². The Morgan fingerprint density at radius 2 is 1.93 bits per heavy atom. The van der Waals surface area contributed by atoms with Crippen LogP contribution in [0, 0.1) is 5.92 Å². The van der Waals surface area contributed by atoms with Gasteiger partial charge in [-0.15, -0.1) is 0 Å². The lowest BCUT2D eigenvalue weighted by Crippen LogP contribution is -2.50. The van der Waals surface area contributed by atoms with Crippen molar-refractivity contribution in [1.82, 2.24) is 5.06 Å². The third kappa shape index (κ3) is 1.53. The minimum absolute atomic E-state index is 0.141. The highest BCUT2D eigenvalue weighted by atomic mass is 16.7. The number of carbonyl (C=O) groups excluding carboxylic acids is 1. The summed E-state index contributed by atoms with van der Waals surface area (Å²) < 4.78 is 0. The van der Waals surface area contributed by atoms with Crippen LogP contribution < -0.4 is 5.73 Å². The first-order valence-electron chi connectivity index (χ1n) is 4.87. The number of carbonyl (C=O) groups is 1. The minimum atomic E-state index is -0.329. The van der Waals surface area contributed by atoms with Crippen LogP contribution in [0.4, 0.5) is 0 Å². The van der Waals surface area contributed by atoms with E-state index in [2.05, 4.69) is 13.8 Å². The van der Waals surface area contributed by atoms with Gasteiger partial charge in [0.05, 0.1) is 18.6 Å². The zero-order valence-electron chi connectivity index (χ0n) is 9.63. The standard InChI is InChI=1S/C10H20N2O2/c1-9(2)6-7(8(11)13)10(3,4)12(9)14-5/h7H,6H2,1-5H3,(H2,11,13)/t7-/m0/s1. The summed E-state index contributed by atoms with van der Waals surface area (Å²) in [6, 6.07) is 0. The molecule has 0 spiro atoms. The van der Waals surface area contributed by atoms with Crippen LogP contribution in [0.25, 0.3) is 0 Å². The maximum atomic E-state index is 11.3. The maximum absolute atomic E-state index is 11.3. The monoisotopic (exact) mass is 200 g/mol. The van der Waals surface area contributed by atoms with Crippen molar-refractivity contribution >= 4 is 5.91 Å². The molecule has 0 bridgehead atoms. The molecule has 0 aromatic carbocycles. The molecule has 2 N–H and O–H groups in total. The molecule has 1 aliphatic heterocycles. The summed E-state index contributed by atoms with van der Waals surface area (Å²) in [6.07, 6.45) is 0.739. The molecule has 4 nitrogen and oxygen atoms in total. The predicted octanol–water partition coefficient (Wildman–Crippen LogP) is 0.912. The predicted molar refractivity (Wildman–Crippen MR) is 54.3 cm³/mol. The van der Waals surface area contributed by atoms with Crippen molar-refractivity contribution in [3.63, 3.8) is 0 Å². The molecule has 0 unspecified atom stereocenters. The molecule has 0 saturated carbocycles. The second-order valence-electron chi connectivity index (χ2n) is 5.10. The molecule has 1 aliphatic rings. The van der Waals surface area contributed by atoms with Crippen LogP contribution in [0.15, 0.2) is 0 Å². The third-order valence-electron chi connectivity index (χ3n) is 3.16. The molecule has 0 aromatic heterocycles. The second-order valence-corrected chi connectivity index (χ2v) is 5.10. The zero-order chi connectivity index (χ0) is 11.1. The number of amides is 1. The van der Waals surface area contributed by atoms with Crippen LogP contribution in [0.2, 0.25) is 0 Å². The fraction of sp³-hybridized carbons (Fsp3) is 0.900. The number of primary amides is 1. The van der Waals surface area contributed by atoms with E-state index in [-0.39, 0.29) is 22.9 Å². The Hall–Kier alpha value is -0.610. The molecule has 1 rings (SSSR count). The lowest BCUT2D eigenvalue weighted by Gasteiger charge is -2.38. The molecule has 1 heterocycles. The fourth-order valence-corrected chi connectivity index (χ4v) is 2.68. The molecular formula is C10H20N2O2. The molecular weight excluding hydrogens is 180 g/mol. The van der Waals surface area contributed by atoms with E-state index in [1.165, 1.54) is 0 Å². The summed E-state index contributed by atoms with van der Waals surface area (Å²) in [5.74, 6) is -0.403. The number of hydrogen-bond donors (Lipinski definition) is 1. The van der Waals surface area contributed by atoms with Gasteiger partial charge in [0.15, 0.2) is 0 Å². The van der Waals surface area contributed by atoms with Crippen molar-refractivity contribution in [1.29, 1.82) is 0 Å². The SMILES string of the molecule is CON1C(C)(C)C[C@@H](C(N)=O)C1(C)C. The van der Waals surface area contributed by atoms with Crippen molar-refractivity contribution in [2.75, 3.05) is 7.11 Å². The molecule has 0 aliphatic carbocycles. The van der Waals surface area contributed by atoms with Crippen LogP contribution in [0.1, 0.15) is 34.1 Å². The van der Waals surface area contributed by atoms with Gasteiger partial charge in [0, 0.05) is 5.54 Å². The van der Waals surface area contributed by atoms with Gasteiger partial charge in [0.25, 0.3) is 0 Å². The molecule has 1 saturated heterocycles. The first-order valence-corrected chi connectivity index (χ1v) is 4.87. The summed E-state index contributed by atoms with van der Waals surface area (Å²) in [4.78, 5) is 16.7. The van der Waals surface area contributed by atoms with E-state index in [0.29, 0.717) is 0 Å². The number of rotatable bonds is 2. The Balaban J connectivity index is 3.04. The summed E-state index contributed by atoms with van der Waals surface area (Å²) in [5.41, 5.74) is 4.92. The van der Waals surface area contributed by atoms with Crippen LogP contribution in [0.5, 0.6) is 0 Å². The highest BCUT2D eigenvalue weighted by molar-refractivity contribution is 5.78. The number of nitrogens with zero attached hydrogens (tertiary/aromatic N) is 1. The van der Waals surface area contributed by atoms with Gasteiger partial charge >= 0.3 is 0 Å². The van der Waals surface area contributed by atoms with Crippen molar-refractivity contribution in [2.45, 2.75) is 45.2 Å². The molecule has 4 heteroatoms. The van der Waals surface area contributed by atoms with Gasteiger partial charge in [-0.3, -0.25) is 4.79 Å². The molecule has 1 atom stereocenters. The smallest absolute Gasteiger partial charge is 0.222 e. The lowest BCUT2D eigenvalue weighted by molar-refractivity contribution is -0.223. The van der Waals surface area contributed by atoms with E-state index in [0.717, 1.165) is 6.42 Å². The van der Waals surface area contributed by atoms with Crippen molar-refractivity contribution in [3.05, 3.63) is 0 Å². The second kappa shape index (κ2) is 3.21. The van der Waals surface area contributed by atoms with Crippen LogP contribution in [-0.4, -0.2) is 29.2 Å². The number of hydroxylamine groups is 2. The Bertz CT molecular complexity index is 249. The third-order valence-corrected chi connectivity index (χ3v) is 3.16. The number of nitrogens with two attached hydrogens (primary N) is 1. The van der Waals surface area contributed by atoms with Crippen molar-refractivity contribution in [2.24, 2.45) is 11.7 Å². The van der Waals surface area contributed by atoms with Gasteiger partial charge in [-0.2, -0.15) is 5.06 Å². The lowest BCUT2D eigenvalue weighted by atomic mass is 9.86. The first kappa shape index (κ1) is 11.5. The topological polar surface area (TPSA) is 55.6 Å². The minimum Gasteiger partial charge on any atom is -0.369 e. The van der Waals surface area contributed by atoms with Gasteiger partial charge in [-0.1, -0.05) is 0 Å². The Labute approximate surface area is 85.3 Å². The Morgan fingerprint density at radius 3 is 2.14 bits per heavy atom. The van der Waals surface area contributed by atoms with E-state index in [1.54, 1.807) is 7.11 Å². The van der Waals surface area contributed by atoms with Gasteiger partial charge in [-0.25, -0.2) is 0 Å². The average Bonchev–Trinajstić information content (AvgIpc) is 2.17. The Morgan fingerprint density at radius 1 is 1.43 bits per heavy atom. The number of hydrogen-bond acceptors (Lipinski definition) is 3. The van der Waals surface area contributed by atoms with Gasteiger partial charge < -0.3 is 10.6 Å². The zero-order valence-corrected chi connectivity index (χ0v) is 9.63. The highest BCUT2D eigenvalue weighted by Gasteiger charge is 2.54. The maximum Gasteiger partial charge on any atom is 0.222 e. The summed E-state index contributed by atoms with van der Waals surface area (Å²) in [6.45, 7) is 8.09.